The lowest BCUT2D eigenvalue weighted by Gasteiger charge is -2.07. The fourth-order valence-corrected chi connectivity index (χ4v) is 1.80. The zero-order valence-electron chi connectivity index (χ0n) is 11.7. The highest BCUT2D eigenvalue weighted by atomic mass is 16.3. The van der Waals surface area contributed by atoms with Gasteiger partial charge in [0.2, 0.25) is 0 Å². The van der Waals surface area contributed by atoms with Crippen LogP contribution in [0.1, 0.15) is 21.5 Å². The van der Waals surface area contributed by atoms with Crippen molar-refractivity contribution in [3.8, 4) is 17.6 Å². The van der Waals surface area contributed by atoms with Gasteiger partial charge >= 0.3 is 0 Å². The van der Waals surface area contributed by atoms with E-state index in [1.54, 1.807) is 12.1 Å². The van der Waals surface area contributed by atoms with E-state index in [1.165, 1.54) is 12.1 Å². The van der Waals surface area contributed by atoms with Gasteiger partial charge in [-0.3, -0.25) is 4.79 Å². The van der Waals surface area contributed by atoms with Gasteiger partial charge in [-0.25, -0.2) is 0 Å². The molecule has 0 aliphatic heterocycles. The molecule has 0 spiro atoms. The Morgan fingerprint density at radius 2 is 1.95 bits per heavy atom. The Labute approximate surface area is 123 Å². The van der Waals surface area contributed by atoms with Crippen LogP contribution in [0.15, 0.2) is 42.5 Å². The second-order valence-corrected chi connectivity index (χ2v) is 4.54. The molecule has 0 aromatic heterocycles. The van der Waals surface area contributed by atoms with Crippen LogP contribution in [0.5, 0.6) is 5.75 Å². The highest BCUT2D eigenvalue weighted by molar-refractivity contribution is 6.04. The van der Waals surface area contributed by atoms with Crippen molar-refractivity contribution in [3.05, 3.63) is 59.2 Å². The zero-order valence-corrected chi connectivity index (χ0v) is 11.7. The van der Waals surface area contributed by atoms with Crippen LogP contribution in [0.3, 0.4) is 0 Å². The Kier molecular flexibility index (Phi) is 4.60. The largest absolute Gasteiger partial charge is 0.508 e. The van der Waals surface area contributed by atoms with E-state index in [2.05, 4.69) is 17.2 Å². The van der Waals surface area contributed by atoms with Crippen molar-refractivity contribution in [3.63, 3.8) is 0 Å². The highest BCUT2D eigenvalue weighted by Crippen LogP contribution is 2.16. The number of anilines is 1. The minimum atomic E-state index is -0.239. The van der Waals surface area contributed by atoms with Crippen molar-refractivity contribution >= 4 is 11.6 Å². The Balaban J connectivity index is 2.19. The standard InChI is InChI=1S/C17H16N2O2/c1-12-4-7-15(11-14(12)3-2-10-18)19-17(21)13-5-8-16(20)9-6-13/h4-9,11,20H,10,18H2,1H3,(H,19,21). The number of aryl methyl sites for hydroxylation is 1. The molecule has 106 valence electrons. The summed E-state index contributed by atoms with van der Waals surface area (Å²) in [5, 5.41) is 12.0. The van der Waals surface area contributed by atoms with Crippen molar-refractivity contribution < 1.29 is 9.90 Å². The van der Waals surface area contributed by atoms with Crippen LogP contribution in [0.25, 0.3) is 0 Å². The number of carbonyl (C=O) groups is 1. The molecule has 1 amide bonds. The smallest absolute Gasteiger partial charge is 0.255 e. The normalized spacial score (nSPS) is 9.62. The summed E-state index contributed by atoms with van der Waals surface area (Å²) in [7, 11) is 0. The van der Waals surface area contributed by atoms with E-state index in [4.69, 9.17) is 5.73 Å². The zero-order chi connectivity index (χ0) is 15.2. The van der Waals surface area contributed by atoms with E-state index in [0.717, 1.165) is 11.1 Å². The third-order valence-electron chi connectivity index (χ3n) is 2.95. The molecule has 0 bridgehead atoms. The van der Waals surface area contributed by atoms with Gasteiger partial charge in [-0.2, -0.15) is 0 Å². The maximum atomic E-state index is 12.1. The predicted molar refractivity (Wildman–Crippen MR) is 83.2 cm³/mol. The first-order chi connectivity index (χ1) is 10.1. The Hall–Kier alpha value is -2.77. The SMILES string of the molecule is Cc1ccc(NC(=O)c2ccc(O)cc2)cc1C#CCN. The Bertz CT molecular complexity index is 710. The number of benzene rings is 2. The van der Waals surface area contributed by atoms with Crippen LogP contribution < -0.4 is 11.1 Å². The maximum absolute atomic E-state index is 12.1. The molecule has 4 heteroatoms. The number of aromatic hydroxyl groups is 1. The van der Waals surface area contributed by atoms with Gasteiger partial charge in [-0.1, -0.05) is 17.9 Å². The molecule has 0 atom stereocenters. The van der Waals surface area contributed by atoms with Crippen LogP contribution >= 0.6 is 0 Å². The molecule has 4 nitrogen and oxygen atoms in total. The number of rotatable bonds is 2. The third kappa shape index (κ3) is 3.85. The van der Waals surface area contributed by atoms with Gasteiger partial charge in [-0.05, 0) is 48.9 Å². The molecule has 0 aliphatic carbocycles. The second kappa shape index (κ2) is 6.60. The molecule has 21 heavy (non-hydrogen) atoms. The van der Waals surface area contributed by atoms with E-state index in [-0.39, 0.29) is 11.7 Å². The third-order valence-corrected chi connectivity index (χ3v) is 2.95. The van der Waals surface area contributed by atoms with Gasteiger partial charge in [0.25, 0.3) is 5.91 Å². The molecule has 0 aliphatic rings. The first kappa shape index (κ1) is 14.6. The molecule has 0 fully saturated rings. The number of phenolic OH excluding ortho intramolecular Hbond substituents is 1. The van der Waals surface area contributed by atoms with Crippen molar-refractivity contribution in [2.75, 3.05) is 11.9 Å². The van der Waals surface area contributed by atoms with Gasteiger partial charge in [0.1, 0.15) is 5.75 Å². The molecular formula is C17H16N2O2. The van der Waals surface area contributed by atoms with E-state index in [9.17, 15) is 9.90 Å². The van der Waals surface area contributed by atoms with Crippen LogP contribution in [-0.4, -0.2) is 17.6 Å². The first-order valence-corrected chi connectivity index (χ1v) is 6.50. The monoisotopic (exact) mass is 280 g/mol. The van der Waals surface area contributed by atoms with Crippen LogP contribution in [0, 0.1) is 18.8 Å². The van der Waals surface area contributed by atoms with Gasteiger partial charge < -0.3 is 16.2 Å². The first-order valence-electron chi connectivity index (χ1n) is 6.50. The minimum Gasteiger partial charge on any atom is -0.508 e. The number of nitrogens with two attached hydrogens (primary N) is 1. The molecule has 0 radical (unpaired) electrons. The molecule has 0 heterocycles. The summed E-state index contributed by atoms with van der Waals surface area (Å²) in [6, 6.07) is 11.6. The average Bonchev–Trinajstić information content (AvgIpc) is 2.48. The maximum Gasteiger partial charge on any atom is 0.255 e. The molecule has 4 N–H and O–H groups in total. The van der Waals surface area contributed by atoms with Gasteiger partial charge in [0.05, 0.1) is 6.54 Å². The van der Waals surface area contributed by atoms with Crippen molar-refractivity contribution in [2.45, 2.75) is 6.92 Å². The fourth-order valence-electron chi connectivity index (χ4n) is 1.80. The van der Waals surface area contributed by atoms with E-state index in [0.29, 0.717) is 17.8 Å². The summed E-state index contributed by atoms with van der Waals surface area (Å²) in [6.07, 6.45) is 0. The number of nitrogens with one attached hydrogen (secondary N) is 1. The predicted octanol–water partition coefficient (Wildman–Crippen LogP) is 2.26. The van der Waals surface area contributed by atoms with E-state index in [1.807, 2.05) is 25.1 Å². The molecule has 0 saturated carbocycles. The summed E-state index contributed by atoms with van der Waals surface area (Å²) in [5.74, 6) is 5.66. The summed E-state index contributed by atoms with van der Waals surface area (Å²) in [5.41, 5.74) is 8.37. The molecule has 2 rings (SSSR count). The molecule has 0 unspecified atom stereocenters. The lowest BCUT2D eigenvalue weighted by atomic mass is 10.1. The number of phenols is 1. The average molecular weight is 280 g/mol. The van der Waals surface area contributed by atoms with E-state index >= 15 is 0 Å². The molecule has 2 aromatic rings. The van der Waals surface area contributed by atoms with Crippen molar-refractivity contribution in [1.82, 2.24) is 0 Å². The van der Waals surface area contributed by atoms with E-state index < -0.39 is 0 Å². The van der Waals surface area contributed by atoms with Crippen LogP contribution in [0.2, 0.25) is 0 Å². The van der Waals surface area contributed by atoms with Gasteiger partial charge in [0.15, 0.2) is 0 Å². The number of amides is 1. The Morgan fingerprint density at radius 3 is 2.62 bits per heavy atom. The second-order valence-electron chi connectivity index (χ2n) is 4.54. The summed E-state index contributed by atoms with van der Waals surface area (Å²) >= 11 is 0. The van der Waals surface area contributed by atoms with Gasteiger partial charge in [0, 0.05) is 16.8 Å². The van der Waals surface area contributed by atoms with Crippen LogP contribution in [-0.2, 0) is 0 Å². The number of hydrogen-bond donors (Lipinski definition) is 3. The summed E-state index contributed by atoms with van der Waals surface area (Å²) < 4.78 is 0. The minimum absolute atomic E-state index is 0.126. The molecule has 0 saturated heterocycles. The number of hydrogen-bond acceptors (Lipinski definition) is 3. The topological polar surface area (TPSA) is 75.3 Å². The molecule has 2 aromatic carbocycles. The number of carbonyl (C=O) groups excluding carboxylic acids is 1. The summed E-state index contributed by atoms with van der Waals surface area (Å²) in [4.78, 5) is 12.1. The summed E-state index contributed by atoms with van der Waals surface area (Å²) in [6.45, 7) is 2.25. The highest BCUT2D eigenvalue weighted by Gasteiger charge is 2.06. The molecular weight excluding hydrogens is 264 g/mol. The Morgan fingerprint density at radius 1 is 1.24 bits per heavy atom. The van der Waals surface area contributed by atoms with Crippen LogP contribution in [0.4, 0.5) is 5.69 Å². The fraction of sp³-hybridized carbons (Fsp3) is 0.118. The van der Waals surface area contributed by atoms with Crippen molar-refractivity contribution in [1.29, 1.82) is 0 Å². The lowest BCUT2D eigenvalue weighted by Crippen LogP contribution is -2.11. The lowest BCUT2D eigenvalue weighted by molar-refractivity contribution is 0.102. The quantitative estimate of drug-likeness (QED) is 0.739. The van der Waals surface area contributed by atoms with Gasteiger partial charge in [-0.15, -0.1) is 0 Å². The van der Waals surface area contributed by atoms with Crippen molar-refractivity contribution in [2.24, 2.45) is 5.73 Å².